The molecule has 1 saturated heterocycles. The number of ketones is 1. The van der Waals surface area contributed by atoms with Gasteiger partial charge >= 0.3 is 0 Å². The van der Waals surface area contributed by atoms with Crippen LogP contribution in [0.15, 0.2) is 41.4 Å². The number of hydrogen-bond acceptors (Lipinski definition) is 6. The Morgan fingerprint density at radius 2 is 1.86 bits per heavy atom. The van der Waals surface area contributed by atoms with Gasteiger partial charge in [0.1, 0.15) is 5.69 Å². The highest BCUT2D eigenvalue weighted by Gasteiger charge is 2.30. The van der Waals surface area contributed by atoms with E-state index in [0.717, 1.165) is 5.69 Å². The van der Waals surface area contributed by atoms with Crippen LogP contribution in [0.1, 0.15) is 23.0 Å². The minimum absolute atomic E-state index is 0.0892. The lowest BCUT2D eigenvalue weighted by atomic mass is 10.2. The summed E-state index contributed by atoms with van der Waals surface area (Å²) in [5, 5.41) is 2.71. The lowest BCUT2D eigenvalue weighted by Crippen LogP contribution is -2.48. The van der Waals surface area contributed by atoms with Crippen molar-refractivity contribution >= 4 is 33.1 Å². The topological polar surface area (TPSA) is 99.7 Å². The summed E-state index contributed by atoms with van der Waals surface area (Å²) in [5.74, 6) is -0.212. The summed E-state index contributed by atoms with van der Waals surface area (Å²) in [6, 6.07) is 8.28. The van der Waals surface area contributed by atoms with Crippen molar-refractivity contribution in [2.75, 3.05) is 36.4 Å². The van der Waals surface area contributed by atoms with Crippen molar-refractivity contribution in [1.29, 1.82) is 0 Å². The number of aromatic nitrogens is 1. The molecule has 146 valence electrons. The Labute approximate surface area is 163 Å². The molecule has 4 rings (SSSR count). The predicted octanol–water partition coefficient (Wildman–Crippen LogP) is 1.29. The van der Waals surface area contributed by atoms with Gasteiger partial charge in [0.2, 0.25) is 15.9 Å². The Morgan fingerprint density at radius 1 is 1.11 bits per heavy atom. The molecule has 0 atom stereocenters. The number of rotatable bonds is 4. The Hall–Kier alpha value is -2.78. The quantitative estimate of drug-likeness (QED) is 0.777. The van der Waals surface area contributed by atoms with E-state index in [-0.39, 0.29) is 23.0 Å². The maximum absolute atomic E-state index is 13.0. The van der Waals surface area contributed by atoms with Gasteiger partial charge in [-0.05, 0) is 35.9 Å². The number of carbonyl (C=O) groups excluding carboxylic acids is 2. The van der Waals surface area contributed by atoms with Gasteiger partial charge in [0.15, 0.2) is 5.78 Å². The maximum Gasteiger partial charge on any atom is 0.243 e. The summed E-state index contributed by atoms with van der Waals surface area (Å²) in [4.78, 5) is 29.2. The average Bonchev–Trinajstić information content (AvgIpc) is 3.07. The molecule has 1 amide bonds. The van der Waals surface area contributed by atoms with Crippen molar-refractivity contribution in [2.24, 2.45) is 0 Å². The molecule has 1 aromatic carbocycles. The largest absolute Gasteiger partial charge is 0.368 e. The fraction of sp³-hybridized carbons (Fsp3) is 0.316. The third-order valence-electron chi connectivity index (χ3n) is 5.05. The normalized spacial score (nSPS) is 17.3. The van der Waals surface area contributed by atoms with Crippen LogP contribution >= 0.6 is 0 Å². The average molecular weight is 400 g/mol. The first-order chi connectivity index (χ1) is 13.3. The third-order valence-corrected chi connectivity index (χ3v) is 6.95. The van der Waals surface area contributed by atoms with Crippen molar-refractivity contribution < 1.29 is 18.0 Å². The molecule has 0 aliphatic carbocycles. The van der Waals surface area contributed by atoms with Crippen molar-refractivity contribution in [2.45, 2.75) is 18.2 Å². The van der Waals surface area contributed by atoms with Gasteiger partial charge in [0.05, 0.1) is 23.2 Å². The van der Waals surface area contributed by atoms with Crippen LogP contribution in [0.2, 0.25) is 0 Å². The summed E-state index contributed by atoms with van der Waals surface area (Å²) < 4.78 is 27.4. The summed E-state index contributed by atoms with van der Waals surface area (Å²) in [6.45, 7) is 3.24. The second kappa shape index (κ2) is 6.99. The van der Waals surface area contributed by atoms with Crippen molar-refractivity contribution in [3.05, 3.63) is 47.8 Å². The molecule has 0 radical (unpaired) electrons. The number of sulfonamides is 1. The number of piperazine rings is 1. The first kappa shape index (κ1) is 18.6. The van der Waals surface area contributed by atoms with Gasteiger partial charge in [0.25, 0.3) is 0 Å². The summed E-state index contributed by atoms with van der Waals surface area (Å²) in [5.41, 5.74) is 2.66. The minimum Gasteiger partial charge on any atom is -0.368 e. The lowest BCUT2D eigenvalue weighted by molar-refractivity contribution is -0.115. The van der Waals surface area contributed by atoms with E-state index < -0.39 is 10.0 Å². The molecule has 3 heterocycles. The van der Waals surface area contributed by atoms with E-state index in [1.54, 1.807) is 24.4 Å². The monoisotopic (exact) mass is 400 g/mol. The zero-order valence-corrected chi connectivity index (χ0v) is 16.2. The van der Waals surface area contributed by atoms with E-state index in [9.17, 15) is 18.0 Å². The number of anilines is 2. The molecule has 0 saturated carbocycles. The SMILES string of the molecule is CC(=O)c1ccc(N2CCN(S(=O)(=O)c3ccc4c(c3)CC(=O)N4)CC2)cn1. The molecule has 1 fully saturated rings. The molecule has 1 N–H and O–H groups in total. The van der Waals surface area contributed by atoms with E-state index in [1.807, 2.05) is 11.0 Å². The van der Waals surface area contributed by atoms with E-state index in [0.29, 0.717) is 43.1 Å². The number of carbonyl (C=O) groups is 2. The molecular weight excluding hydrogens is 380 g/mol. The summed E-state index contributed by atoms with van der Waals surface area (Å²) in [7, 11) is -3.62. The van der Waals surface area contributed by atoms with E-state index >= 15 is 0 Å². The maximum atomic E-state index is 13.0. The Kier molecular flexibility index (Phi) is 4.64. The Balaban J connectivity index is 1.46. The zero-order valence-electron chi connectivity index (χ0n) is 15.4. The first-order valence-corrected chi connectivity index (χ1v) is 10.4. The summed E-state index contributed by atoms with van der Waals surface area (Å²) >= 11 is 0. The number of benzene rings is 1. The van der Waals surface area contributed by atoms with Crippen LogP contribution in [0, 0.1) is 0 Å². The third kappa shape index (κ3) is 3.38. The molecule has 0 spiro atoms. The molecule has 2 aliphatic heterocycles. The number of Topliss-reactive ketones (excluding diaryl/α,β-unsaturated/α-hetero) is 1. The van der Waals surface area contributed by atoms with Gasteiger partial charge in [0, 0.05) is 38.8 Å². The summed E-state index contributed by atoms with van der Waals surface area (Å²) in [6.07, 6.45) is 1.85. The molecule has 9 heteroatoms. The van der Waals surface area contributed by atoms with Gasteiger partial charge in [-0.2, -0.15) is 4.31 Å². The number of hydrogen-bond donors (Lipinski definition) is 1. The fourth-order valence-corrected chi connectivity index (χ4v) is 4.96. The highest BCUT2D eigenvalue weighted by atomic mass is 32.2. The van der Waals surface area contributed by atoms with Crippen molar-refractivity contribution in [3.8, 4) is 0 Å². The molecule has 2 aliphatic rings. The molecule has 1 aromatic heterocycles. The van der Waals surface area contributed by atoms with E-state index in [4.69, 9.17) is 0 Å². The minimum atomic E-state index is -3.62. The van der Waals surface area contributed by atoms with Crippen LogP contribution in [0.3, 0.4) is 0 Å². The van der Waals surface area contributed by atoms with Gasteiger partial charge in [-0.3, -0.25) is 14.6 Å². The van der Waals surface area contributed by atoms with Crippen LogP contribution in [-0.4, -0.2) is 55.6 Å². The second-order valence-electron chi connectivity index (χ2n) is 6.89. The fourth-order valence-electron chi connectivity index (χ4n) is 3.48. The Bertz CT molecular complexity index is 1040. The number of pyridine rings is 1. The number of nitrogens with one attached hydrogen (secondary N) is 1. The number of amides is 1. The van der Waals surface area contributed by atoms with Gasteiger partial charge in [-0.25, -0.2) is 8.42 Å². The second-order valence-corrected chi connectivity index (χ2v) is 8.83. The van der Waals surface area contributed by atoms with E-state index in [2.05, 4.69) is 10.3 Å². The Morgan fingerprint density at radius 3 is 2.50 bits per heavy atom. The van der Waals surface area contributed by atoms with Crippen LogP contribution in [-0.2, 0) is 21.2 Å². The van der Waals surface area contributed by atoms with Crippen LogP contribution < -0.4 is 10.2 Å². The lowest BCUT2D eigenvalue weighted by Gasteiger charge is -2.35. The molecule has 8 nitrogen and oxygen atoms in total. The molecule has 2 aromatic rings. The molecule has 0 unspecified atom stereocenters. The zero-order chi connectivity index (χ0) is 19.9. The molecule has 0 bridgehead atoms. The van der Waals surface area contributed by atoms with Gasteiger partial charge < -0.3 is 10.2 Å². The van der Waals surface area contributed by atoms with Crippen molar-refractivity contribution in [3.63, 3.8) is 0 Å². The highest BCUT2D eigenvalue weighted by molar-refractivity contribution is 7.89. The smallest absolute Gasteiger partial charge is 0.243 e. The highest BCUT2D eigenvalue weighted by Crippen LogP contribution is 2.28. The molecule has 28 heavy (non-hydrogen) atoms. The first-order valence-electron chi connectivity index (χ1n) is 8.99. The predicted molar refractivity (Wildman–Crippen MR) is 104 cm³/mol. The van der Waals surface area contributed by atoms with Crippen LogP contribution in [0.4, 0.5) is 11.4 Å². The van der Waals surface area contributed by atoms with Crippen molar-refractivity contribution in [1.82, 2.24) is 9.29 Å². The van der Waals surface area contributed by atoms with Gasteiger partial charge in [-0.1, -0.05) is 0 Å². The number of fused-ring (bicyclic) bond motifs is 1. The van der Waals surface area contributed by atoms with Gasteiger partial charge in [-0.15, -0.1) is 0 Å². The van der Waals surface area contributed by atoms with Crippen LogP contribution in [0.5, 0.6) is 0 Å². The van der Waals surface area contributed by atoms with Crippen LogP contribution in [0.25, 0.3) is 0 Å². The van der Waals surface area contributed by atoms with E-state index in [1.165, 1.54) is 17.3 Å². The molecular formula is C19H20N4O4S. The standard InChI is InChI=1S/C19H20N4O4S/c1-13(24)17-4-2-15(12-20-17)22-6-8-23(9-7-22)28(26,27)16-3-5-18-14(10-16)11-19(25)21-18/h2-5,10,12H,6-9,11H2,1H3,(H,21,25). The number of nitrogens with zero attached hydrogens (tertiary/aromatic N) is 3.